The van der Waals surface area contributed by atoms with Gasteiger partial charge >= 0.3 is 0 Å². The molecule has 2 heterocycles. The van der Waals surface area contributed by atoms with Gasteiger partial charge in [0, 0.05) is 17.9 Å². The van der Waals surface area contributed by atoms with Gasteiger partial charge in [-0.1, -0.05) is 41.4 Å². The van der Waals surface area contributed by atoms with Gasteiger partial charge in [-0.05, 0) is 36.2 Å². The number of aromatic nitrogens is 2. The van der Waals surface area contributed by atoms with E-state index in [1.54, 1.807) is 6.20 Å². The minimum absolute atomic E-state index is 0.00697. The average molecular weight is 380 g/mol. The number of aryl methyl sites for hydroxylation is 1. The third-order valence-electron chi connectivity index (χ3n) is 4.27. The topological polar surface area (TPSA) is 78.9 Å². The Labute approximate surface area is 162 Å². The maximum absolute atomic E-state index is 11.5. The number of hydrogen-bond donors (Lipinski definition) is 3. The van der Waals surface area contributed by atoms with Gasteiger partial charge in [-0.15, -0.1) is 0 Å². The van der Waals surface area contributed by atoms with E-state index in [1.165, 1.54) is 5.56 Å². The minimum atomic E-state index is 0.00697. The number of amides is 1. The monoisotopic (exact) mass is 379 g/mol. The van der Waals surface area contributed by atoms with Crippen molar-refractivity contribution in [3.8, 4) is 0 Å². The quantitative estimate of drug-likeness (QED) is 0.616. The summed E-state index contributed by atoms with van der Waals surface area (Å²) in [6.07, 6.45) is 1.95. The number of nitrogens with one attached hydrogen (secondary N) is 3. The summed E-state index contributed by atoms with van der Waals surface area (Å²) < 4.78 is 0. The summed E-state index contributed by atoms with van der Waals surface area (Å²) in [5.74, 6) is 1.00. The Hall–Kier alpha value is -3.12. The van der Waals surface area contributed by atoms with Gasteiger partial charge in [0.1, 0.15) is 5.02 Å². The van der Waals surface area contributed by atoms with E-state index in [2.05, 4.69) is 45.0 Å². The van der Waals surface area contributed by atoms with Gasteiger partial charge in [0.05, 0.1) is 12.6 Å². The fourth-order valence-electron chi connectivity index (χ4n) is 3.00. The third kappa shape index (κ3) is 4.01. The number of anilines is 4. The van der Waals surface area contributed by atoms with Gasteiger partial charge in [-0.25, -0.2) is 4.98 Å². The Balaban J connectivity index is 1.49. The van der Waals surface area contributed by atoms with E-state index in [-0.39, 0.29) is 5.91 Å². The first kappa shape index (κ1) is 17.3. The van der Waals surface area contributed by atoms with Crippen LogP contribution in [0.15, 0.2) is 48.7 Å². The van der Waals surface area contributed by atoms with Crippen LogP contribution in [0, 0.1) is 6.92 Å². The number of halogens is 1. The summed E-state index contributed by atoms with van der Waals surface area (Å²) in [5, 5.41) is 9.69. The Morgan fingerprint density at radius 3 is 2.96 bits per heavy atom. The zero-order chi connectivity index (χ0) is 18.8. The highest BCUT2D eigenvalue weighted by molar-refractivity contribution is 6.32. The molecule has 0 unspecified atom stereocenters. The third-order valence-corrected chi connectivity index (χ3v) is 4.55. The van der Waals surface area contributed by atoms with Crippen LogP contribution in [-0.4, -0.2) is 15.9 Å². The van der Waals surface area contributed by atoms with Crippen LogP contribution in [-0.2, 0) is 17.8 Å². The molecule has 0 saturated carbocycles. The average Bonchev–Trinajstić information content (AvgIpc) is 3.01. The molecule has 3 aromatic rings. The molecule has 0 bridgehead atoms. The number of nitrogens with zero attached hydrogens (tertiary/aromatic N) is 2. The second kappa shape index (κ2) is 7.25. The maximum Gasteiger partial charge on any atom is 0.229 e. The van der Waals surface area contributed by atoms with E-state index < -0.39 is 0 Å². The van der Waals surface area contributed by atoms with Crippen molar-refractivity contribution in [3.05, 3.63) is 70.4 Å². The molecule has 1 aromatic heterocycles. The molecule has 0 saturated heterocycles. The molecule has 1 amide bonds. The van der Waals surface area contributed by atoms with Gasteiger partial charge in [-0.2, -0.15) is 4.98 Å². The summed E-state index contributed by atoms with van der Waals surface area (Å²) in [6.45, 7) is 2.67. The van der Waals surface area contributed by atoms with Crippen molar-refractivity contribution in [2.24, 2.45) is 0 Å². The first-order valence-corrected chi connectivity index (χ1v) is 8.96. The highest BCUT2D eigenvalue weighted by Gasteiger charge is 2.17. The summed E-state index contributed by atoms with van der Waals surface area (Å²) in [7, 11) is 0. The van der Waals surface area contributed by atoms with Crippen molar-refractivity contribution < 1.29 is 4.79 Å². The molecule has 2 aromatic carbocycles. The Bertz CT molecular complexity index is 1020. The highest BCUT2D eigenvalue weighted by atomic mass is 35.5. The second-order valence-corrected chi connectivity index (χ2v) is 6.86. The molecule has 3 N–H and O–H groups in total. The normalized spacial score (nSPS) is 12.4. The van der Waals surface area contributed by atoms with Crippen molar-refractivity contribution in [3.63, 3.8) is 0 Å². The molecule has 27 heavy (non-hydrogen) atoms. The van der Waals surface area contributed by atoms with Gasteiger partial charge in [0.15, 0.2) is 5.82 Å². The second-order valence-electron chi connectivity index (χ2n) is 6.45. The zero-order valence-electron chi connectivity index (χ0n) is 14.7. The van der Waals surface area contributed by atoms with Crippen LogP contribution >= 0.6 is 11.6 Å². The lowest BCUT2D eigenvalue weighted by molar-refractivity contribution is -0.115. The lowest BCUT2D eigenvalue weighted by atomic mass is 10.1. The van der Waals surface area contributed by atoms with Crippen molar-refractivity contribution in [1.29, 1.82) is 0 Å². The SMILES string of the molecule is Cc1cccc(CNc2nc(Nc3ccc4c(c3)CC(=O)N4)ncc2Cl)c1. The molecule has 136 valence electrons. The van der Waals surface area contributed by atoms with Crippen LogP contribution < -0.4 is 16.0 Å². The number of carbonyl (C=O) groups is 1. The van der Waals surface area contributed by atoms with Crippen LogP contribution in [0.3, 0.4) is 0 Å². The van der Waals surface area contributed by atoms with Crippen molar-refractivity contribution >= 4 is 40.6 Å². The van der Waals surface area contributed by atoms with E-state index in [1.807, 2.05) is 30.3 Å². The Kier molecular flexibility index (Phi) is 4.64. The Morgan fingerprint density at radius 1 is 1.22 bits per heavy atom. The molecule has 4 rings (SSSR count). The number of carbonyl (C=O) groups excluding carboxylic acids is 1. The number of rotatable bonds is 5. The number of hydrogen-bond acceptors (Lipinski definition) is 5. The van der Waals surface area contributed by atoms with Crippen molar-refractivity contribution in [2.45, 2.75) is 19.9 Å². The predicted molar refractivity (Wildman–Crippen MR) is 108 cm³/mol. The fraction of sp³-hybridized carbons (Fsp3) is 0.150. The molecule has 0 spiro atoms. The molecule has 0 aliphatic carbocycles. The predicted octanol–water partition coefficient (Wildman–Crippen LogP) is 4.29. The van der Waals surface area contributed by atoms with Crippen LogP contribution in [0.5, 0.6) is 0 Å². The summed E-state index contributed by atoms with van der Waals surface area (Å²) in [5.41, 5.74) is 4.97. The zero-order valence-corrected chi connectivity index (χ0v) is 15.5. The van der Waals surface area contributed by atoms with Gasteiger partial charge in [0.25, 0.3) is 0 Å². The van der Waals surface area contributed by atoms with E-state index >= 15 is 0 Å². The van der Waals surface area contributed by atoms with Crippen LogP contribution in [0.2, 0.25) is 5.02 Å². The van der Waals surface area contributed by atoms with E-state index in [0.717, 1.165) is 22.5 Å². The largest absolute Gasteiger partial charge is 0.365 e. The summed E-state index contributed by atoms with van der Waals surface area (Å²) >= 11 is 6.23. The smallest absolute Gasteiger partial charge is 0.229 e. The molecule has 0 radical (unpaired) electrons. The lowest BCUT2D eigenvalue weighted by Gasteiger charge is -2.11. The molecular weight excluding hydrogens is 362 g/mol. The first-order chi connectivity index (χ1) is 13.1. The Morgan fingerprint density at radius 2 is 2.11 bits per heavy atom. The first-order valence-electron chi connectivity index (χ1n) is 8.58. The molecule has 7 heteroatoms. The van der Waals surface area contributed by atoms with Crippen LogP contribution in [0.25, 0.3) is 0 Å². The summed E-state index contributed by atoms with van der Waals surface area (Å²) in [6, 6.07) is 13.9. The standard InChI is InChI=1S/C20H18ClN5O/c1-12-3-2-4-13(7-12)10-22-19-16(21)11-23-20(26-19)24-15-5-6-17-14(8-15)9-18(27)25-17/h2-8,11H,9-10H2,1H3,(H,25,27)(H2,22,23,24,26). The van der Waals surface area contributed by atoms with E-state index in [0.29, 0.717) is 29.8 Å². The van der Waals surface area contributed by atoms with Gasteiger partial charge in [0.2, 0.25) is 11.9 Å². The molecule has 0 atom stereocenters. The highest BCUT2D eigenvalue weighted by Crippen LogP contribution is 2.28. The van der Waals surface area contributed by atoms with Crippen molar-refractivity contribution in [2.75, 3.05) is 16.0 Å². The minimum Gasteiger partial charge on any atom is -0.365 e. The fourth-order valence-corrected chi connectivity index (χ4v) is 3.15. The van der Waals surface area contributed by atoms with E-state index in [9.17, 15) is 4.79 Å². The van der Waals surface area contributed by atoms with Crippen molar-refractivity contribution in [1.82, 2.24) is 9.97 Å². The molecule has 1 aliphatic heterocycles. The lowest BCUT2D eigenvalue weighted by Crippen LogP contribution is -2.05. The van der Waals surface area contributed by atoms with Crippen LogP contribution in [0.1, 0.15) is 16.7 Å². The van der Waals surface area contributed by atoms with Crippen LogP contribution in [0.4, 0.5) is 23.1 Å². The molecule has 0 fully saturated rings. The number of benzene rings is 2. The summed E-state index contributed by atoms with van der Waals surface area (Å²) in [4.78, 5) is 20.2. The molecule has 6 nitrogen and oxygen atoms in total. The van der Waals surface area contributed by atoms with Gasteiger partial charge < -0.3 is 16.0 Å². The molecular formula is C20H18ClN5O. The maximum atomic E-state index is 11.5. The van der Waals surface area contributed by atoms with Gasteiger partial charge in [-0.3, -0.25) is 4.79 Å². The molecule has 1 aliphatic rings. The number of fused-ring (bicyclic) bond motifs is 1. The van der Waals surface area contributed by atoms with E-state index in [4.69, 9.17) is 11.6 Å².